The molecule has 218 valence electrons. The van der Waals surface area contributed by atoms with E-state index in [2.05, 4.69) is 10.6 Å². The molecule has 0 spiro atoms. The number of thioether (sulfide) groups is 1. The van der Waals surface area contributed by atoms with Gasteiger partial charge in [0.2, 0.25) is 5.91 Å². The monoisotopic (exact) mass is 565 g/mol. The first-order valence-electron chi connectivity index (χ1n) is 13.3. The van der Waals surface area contributed by atoms with Crippen LogP contribution in [0.25, 0.3) is 0 Å². The van der Waals surface area contributed by atoms with Crippen LogP contribution >= 0.6 is 11.8 Å². The van der Waals surface area contributed by atoms with Crippen molar-refractivity contribution in [2.45, 2.75) is 90.7 Å². The van der Waals surface area contributed by atoms with Crippen molar-refractivity contribution in [2.75, 3.05) is 24.6 Å². The standard InChI is InChI=1S/C28H43N3O7S/c1-27(2,3)37-24(33)22-14-10-16-31(22)23(32)21(30-26(35)38-28(4,5)6)19-39-17-11-15-29-25(34)36-18-20-12-8-7-9-13-20/h7-9,12-13,21-22H,10-11,14-19H2,1-6H3,(H,29,34)(H,30,35)/t21-,22-/m0/s1. The quantitative estimate of drug-likeness (QED) is 0.232. The number of ether oxygens (including phenoxy) is 3. The Morgan fingerprint density at radius 2 is 1.67 bits per heavy atom. The Morgan fingerprint density at radius 3 is 2.31 bits per heavy atom. The number of nitrogens with zero attached hydrogens (tertiary/aromatic N) is 1. The third-order valence-corrected chi connectivity index (χ3v) is 6.58. The maximum atomic E-state index is 13.5. The normalized spacial score (nSPS) is 16.3. The van der Waals surface area contributed by atoms with Crippen LogP contribution in [0.1, 0.15) is 66.4 Å². The first kappa shape index (κ1) is 32.3. The van der Waals surface area contributed by atoms with Gasteiger partial charge in [-0.2, -0.15) is 11.8 Å². The minimum atomic E-state index is -0.878. The van der Waals surface area contributed by atoms with E-state index in [1.807, 2.05) is 30.3 Å². The summed E-state index contributed by atoms with van der Waals surface area (Å²) < 4.78 is 16.1. The van der Waals surface area contributed by atoms with E-state index in [9.17, 15) is 19.2 Å². The van der Waals surface area contributed by atoms with E-state index in [0.717, 1.165) is 5.56 Å². The Hall–Kier alpha value is -2.95. The number of alkyl carbamates (subject to hydrolysis) is 2. The lowest BCUT2D eigenvalue weighted by Crippen LogP contribution is -2.54. The molecule has 0 saturated carbocycles. The van der Waals surface area contributed by atoms with Crippen molar-refractivity contribution in [3.63, 3.8) is 0 Å². The maximum Gasteiger partial charge on any atom is 0.408 e. The number of rotatable bonds is 11. The molecule has 0 aliphatic carbocycles. The van der Waals surface area contributed by atoms with Crippen LogP contribution in [0.3, 0.4) is 0 Å². The van der Waals surface area contributed by atoms with Crippen molar-refractivity contribution in [2.24, 2.45) is 0 Å². The van der Waals surface area contributed by atoms with Crippen LogP contribution in [0, 0.1) is 0 Å². The Bertz CT molecular complexity index is 960. The van der Waals surface area contributed by atoms with E-state index in [-0.39, 0.29) is 18.3 Å². The molecule has 1 fully saturated rings. The summed E-state index contributed by atoms with van der Waals surface area (Å²) in [6.07, 6.45) is 0.637. The minimum absolute atomic E-state index is 0.197. The molecule has 10 nitrogen and oxygen atoms in total. The molecule has 2 rings (SSSR count). The van der Waals surface area contributed by atoms with E-state index in [4.69, 9.17) is 14.2 Å². The highest BCUT2D eigenvalue weighted by Gasteiger charge is 2.40. The second-order valence-corrected chi connectivity index (χ2v) is 12.5. The van der Waals surface area contributed by atoms with Crippen molar-refractivity contribution in [1.29, 1.82) is 0 Å². The Balaban J connectivity index is 1.87. The number of amides is 3. The van der Waals surface area contributed by atoms with Crippen molar-refractivity contribution >= 4 is 35.8 Å². The second-order valence-electron chi connectivity index (χ2n) is 11.3. The molecule has 1 saturated heterocycles. The summed E-state index contributed by atoms with van der Waals surface area (Å²) in [5, 5.41) is 5.40. The van der Waals surface area contributed by atoms with Gasteiger partial charge in [-0.1, -0.05) is 30.3 Å². The molecule has 2 atom stereocenters. The van der Waals surface area contributed by atoms with E-state index in [1.165, 1.54) is 16.7 Å². The summed E-state index contributed by atoms with van der Waals surface area (Å²) in [7, 11) is 0. The largest absolute Gasteiger partial charge is 0.458 e. The van der Waals surface area contributed by atoms with Gasteiger partial charge in [0, 0.05) is 18.8 Å². The molecule has 0 bridgehead atoms. The van der Waals surface area contributed by atoms with Crippen molar-refractivity contribution in [3.05, 3.63) is 35.9 Å². The summed E-state index contributed by atoms with van der Waals surface area (Å²) in [6.45, 7) is 11.6. The zero-order chi connectivity index (χ0) is 29.1. The molecule has 11 heteroatoms. The number of likely N-dealkylation sites (tertiary alicyclic amines) is 1. The van der Waals surface area contributed by atoms with Gasteiger partial charge in [-0.15, -0.1) is 0 Å². The molecule has 1 heterocycles. The topological polar surface area (TPSA) is 123 Å². The molecule has 1 aliphatic heterocycles. The van der Waals surface area contributed by atoms with Crippen LogP contribution in [0.4, 0.5) is 9.59 Å². The lowest BCUT2D eigenvalue weighted by molar-refractivity contribution is -0.163. The zero-order valence-corrected chi connectivity index (χ0v) is 24.7. The fourth-order valence-corrected chi connectivity index (χ4v) is 4.79. The zero-order valence-electron chi connectivity index (χ0n) is 23.9. The van der Waals surface area contributed by atoms with Gasteiger partial charge in [0.25, 0.3) is 0 Å². The van der Waals surface area contributed by atoms with E-state index < -0.39 is 41.4 Å². The summed E-state index contributed by atoms with van der Waals surface area (Å²) in [5.74, 6) is 0.133. The van der Waals surface area contributed by atoms with Crippen molar-refractivity contribution in [3.8, 4) is 0 Å². The third-order valence-electron chi connectivity index (χ3n) is 5.44. The third kappa shape index (κ3) is 12.6. The van der Waals surface area contributed by atoms with Gasteiger partial charge >= 0.3 is 18.2 Å². The molecule has 0 radical (unpaired) electrons. The van der Waals surface area contributed by atoms with Crippen LogP contribution in [0.15, 0.2) is 30.3 Å². The van der Waals surface area contributed by atoms with E-state index in [1.54, 1.807) is 41.5 Å². The fourth-order valence-electron chi connectivity index (χ4n) is 3.81. The smallest absolute Gasteiger partial charge is 0.408 e. The Labute approximate surface area is 235 Å². The number of hydrogen-bond donors (Lipinski definition) is 2. The Kier molecular flexibility index (Phi) is 12.4. The SMILES string of the molecule is CC(C)(C)OC(=O)N[C@@H](CSCCCNC(=O)OCc1ccccc1)C(=O)N1CCC[C@H]1C(=O)OC(C)(C)C. The number of benzene rings is 1. The highest BCUT2D eigenvalue weighted by Crippen LogP contribution is 2.23. The molecule has 2 N–H and O–H groups in total. The summed E-state index contributed by atoms with van der Waals surface area (Å²) in [4.78, 5) is 52.1. The first-order valence-corrected chi connectivity index (χ1v) is 14.5. The van der Waals surface area contributed by atoms with Crippen LogP contribution in [-0.2, 0) is 30.4 Å². The first-order chi connectivity index (χ1) is 18.2. The lowest BCUT2D eigenvalue weighted by Gasteiger charge is -2.30. The molecular weight excluding hydrogens is 522 g/mol. The highest BCUT2D eigenvalue weighted by molar-refractivity contribution is 7.99. The van der Waals surface area contributed by atoms with Crippen LogP contribution in [0.2, 0.25) is 0 Å². The number of carbonyl (C=O) groups is 4. The number of esters is 1. The molecule has 39 heavy (non-hydrogen) atoms. The van der Waals surface area contributed by atoms with E-state index >= 15 is 0 Å². The summed E-state index contributed by atoms with van der Waals surface area (Å²) in [5.41, 5.74) is -0.484. The average Bonchev–Trinajstić information content (AvgIpc) is 3.32. The van der Waals surface area contributed by atoms with Gasteiger partial charge in [-0.25, -0.2) is 14.4 Å². The molecule has 3 amide bonds. The highest BCUT2D eigenvalue weighted by atomic mass is 32.2. The summed E-state index contributed by atoms with van der Waals surface area (Å²) in [6, 6.07) is 7.85. The van der Waals surface area contributed by atoms with Gasteiger partial charge in [-0.05, 0) is 72.1 Å². The second kappa shape index (κ2) is 15.0. The predicted molar refractivity (Wildman–Crippen MR) is 150 cm³/mol. The molecular formula is C28H43N3O7S. The van der Waals surface area contributed by atoms with Gasteiger partial charge in [-0.3, -0.25) is 4.79 Å². The van der Waals surface area contributed by atoms with Crippen LogP contribution in [0.5, 0.6) is 0 Å². The van der Waals surface area contributed by atoms with Crippen LogP contribution in [-0.4, -0.2) is 76.8 Å². The molecule has 1 aromatic carbocycles. The average molecular weight is 566 g/mol. The maximum absolute atomic E-state index is 13.5. The number of hydrogen-bond acceptors (Lipinski definition) is 8. The predicted octanol–water partition coefficient (Wildman–Crippen LogP) is 4.26. The minimum Gasteiger partial charge on any atom is -0.458 e. The lowest BCUT2D eigenvalue weighted by atomic mass is 10.1. The molecule has 1 aliphatic rings. The fraction of sp³-hybridized carbons (Fsp3) is 0.643. The summed E-state index contributed by atoms with van der Waals surface area (Å²) >= 11 is 1.46. The molecule has 1 aromatic rings. The number of nitrogens with one attached hydrogen (secondary N) is 2. The Morgan fingerprint density at radius 1 is 1.00 bits per heavy atom. The van der Waals surface area contributed by atoms with Crippen molar-refractivity contribution < 1.29 is 33.4 Å². The number of carbonyl (C=O) groups excluding carboxylic acids is 4. The molecule has 0 aromatic heterocycles. The van der Waals surface area contributed by atoms with Gasteiger partial charge < -0.3 is 29.7 Å². The van der Waals surface area contributed by atoms with E-state index in [0.29, 0.717) is 38.1 Å². The van der Waals surface area contributed by atoms with Gasteiger partial charge in [0.05, 0.1) is 0 Å². The van der Waals surface area contributed by atoms with Crippen molar-refractivity contribution in [1.82, 2.24) is 15.5 Å². The van der Waals surface area contributed by atoms with Gasteiger partial charge in [0.1, 0.15) is 29.9 Å². The molecule has 0 unspecified atom stereocenters. The van der Waals surface area contributed by atoms with Gasteiger partial charge in [0.15, 0.2) is 0 Å². The van der Waals surface area contributed by atoms with Crippen LogP contribution < -0.4 is 10.6 Å².